The van der Waals surface area contributed by atoms with Gasteiger partial charge < -0.3 is 38.3 Å². The van der Waals surface area contributed by atoms with E-state index >= 15 is 0 Å². The summed E-state index contributed by atoms with van der Waals surface area (Å²) < 4.78 is 34.6. The van der Waals surface area contributed by atoms with E-state index in [0.29, 0.717) is 72.1 Å². The highest BCUT2D eigenvalue weighted by Crippen LogP contribution is 2.38. The first kappa shape index (κ1) is 45.5. The number of esters is 1. The zero-order valence-corrected chi connectivity index (χ0v) is 36.1. The minimum Gasteiger partial charge on any atom is -0.534 e. The second-order valence-corrected chi connectivity index (χ2v) is 20.7. The van der Waals surface area contributed by atoms with E-state index in [1.807, 2.05) is 43.9 Å². The molecule has 3 aromatic rings. The smallest absolute Gasteiger partial charge is 0.407 e. The first-order chi connectivity index (χ1) is 27.2. The maximum Gasteiger partial charge on any atom is 0.407 e. The molecular weight excluding hydrogens is 741 g/mol. The summed E-state index contributed by atoms with van der Waals surface area (Å²) in [6, 6.07) is 27.2. The lowest BCUT2D eigenvalue weighted by Gasteiger charge is -2.43. The van der Waals surface area contributed by atoms with Gasteiger partial charge in [-0.1, -0.05) is 87.5 Å². The van der Waals surface area contributed by atoms with Crippen molar-refractivity contribution in [2.24, 2.45) is 5.92 Å². The van der Waals surface area contributed by atoms with Gasteiger partial charge in [-0.3, -0.25) is 9.59 Å². The Morgan fingerprint density at radius 1 is 0.754 bits per heavy atom. The van der Waals surface area contributed by atoms with E-state index in [1.54, 1.807) is 0 Å². The minimum atomic E-state index is -2.87. The van der Waals surface area contributed by atoms with Gasteiger partial charge in [0.2, 0.25) is 5.91 Å². The molecule has 1 heterocycles. The molecular formula is C45H64N2O9Si. The molecule has 1 aliphatic heterocycles. The van der Waals surface area contributed by atoms with Crippen LogP contribution in [0.1, 0.15) is 78.4 Å². The number of ether oxygens (including phenoxy) is 5. The summed E-state index contributed by atoms with van der Waals surface area (Å²) in [5.41, 5.74) is 1.54. The van der Waals surface area contributed by atoms with Crippen molar-refractivity contribution in [3.8, 4) is 5.75 Å². The molecule has 0 radical (unpaired) electrons. The summed E-state index contributed by atoms with van der Waals surface area (Å²) in [5, 5.41) is 4.91. The van der Waals surface area contributed by atoms with Crippen molar-refractivity contribution in [3.05, 3.63) is 90.0 Å². The van der Waals surface area contributed by atoms with Crippen molar-refractivity contribution in [1.29, 1.82) is 0 Å². The normalized spacial score (nSPS) is 14.8. The molecule has 57 heavy (non-hydrogen) atoms. The van der Waals surface area contributed by atoms with Crippen LogP contribution in [0.5, 0.6) is 5.75 Å². The largest absolute Gasteiger partial charge is 0.534 e. The van der Waals surface area contributed by atoms with Crippen LogP contribution in [0.4, 0.5) is 4.79 Å². The van der Waals surface area contributed by atoms with Crippen molar-refractivity contribution in [3.63, 3.8) is 0 Å². The Kier molecular flexibility index (Phi) is 17.6. The third kappa shape index (κ3) is 14.0. The maximum atomic E-state index is 13.9. The number of carbonyl (C=O) groups is 3. The van der Waals surface area contributed by atoms with Gasteiger partial charge in [0.1, 0.15) is 11.4 Å². The predicted octanol–water partition coefficient (Wildman–Crippen LogP) is 6.43. The average molecular weight is 805 g/mol. The summed E-state index contributed by atoms with van der Waals surface area (Å²) in [7, 11) is -1.52. The van der Waals surface area contributed by atoms with Crippen LogP contribution in [0.25, 0.3) is 0 Å². The Balaban J connectivity index is 1.30. The van der Waals surface area contributed by atoms with Gasteiger partial charge in [0.25, 0.3) is 0 Å². The topological polar surface area (TPSA) is 122 Å². The van der Waals surface area contributed by atoms with E-state index in [9.17, 15) is 14.4 Å². The SMILES string of the molecule is COC(=O)CC1Cc2ccc(O[Si](c3ccccc3)(c3ccccc3)C(C)(C)C)cc2CN(CCCOCCOCCOCCCCNC(=O)OC(C)(C)C)C1=O. The van der Waals surface area contributed by atoms with E-state index in [2.05, 4.69) is 86.8 Å². The Hall–Kier alpha value is -4.23. The number of amides is 2. The predicted molar refractivity (Wildman–Crippen MR) is 224 cm³/mol. The molecule has 0 saturated carbocycles. The molecule has 3 aromatic carbocycles. The molecule has 0 saturated heterocycles. The zero-order valence-electron chi connectivity index (χ0n) is 35.1. The van der Waals surface area contributed by atoms with Crippen molar-refractivity contribution in [2.45, 2.75) is 90.8 Å². The lowest BCUT2D eigenvalue weighted by molar-refractivity contribution is -0.147. The van der Waals surface area contributed by atoms with Gasteiger partial charge in [-0.2, -0.15) is 0 Å². The number of carbonyl (C=O) groups excluding carboxylic acids is 3. The number of hydrogen-bond donors (Lipinski definition) is 1. The summed E-state index contributed by atoms with van der Waals surface area (Å²) in [4.78, 5) is 39.9. The van der Waals surface area contributed by atoms with Gasteiger partial charge in [-0.25, -0.2) is 4.79 Å². The van der Waals surface area contributed by atoms with Crippen molar-refractivity contribution < 1.29 is 42.5 Å². The van der Waals surface area contributed by atoms with Crippen LogP contribution in [-0.4, -0.2) is 96.6 Å². The third-order valence-electron chi connectivity index (χ3n) is 9.84. The van der Waals surface area contributed by atoms with Gasteiger partial charge in [-0.05, 0) is 85.1 Å². The maximum absolute atomic E-state index is 13.9. The van der Waals surface area contributed by atoms with Crippen molar-refractivity contribution >= 4 is 36.7 Å². The van der Waals surface area contributed by atoms with E-state index in [4.69, 9.17) is 28.1 Å². The summed E-state index contributed by atoms with van der Waals surface area (Å²) in [6.45, 7) is 16.6. The summed E-state index contributed by atoms with van der Waals surface area (Å²) in [6.07, 6.45) is 2.32. The highest BCUT2D eigenvalue weighted by atomic mass is 28.4. The highest BCUT2D eigenvalue weighted by Gasteiger charge is 2.52. The molecule has 11 nitrogen and oxygen atoms in total. The number of hydrogen-bond acceptors (Lipinski definition) is 9. The molecule has 0 fully saturated rings. The molecule has 0 aliphatic carbocycles. The number of nitrogens with one attached hydrogen (secondary N) is 1. The molecule has 0 spiro atoms. The number of nitrogens with zero attached hydrogens (tertiary/aromatic N) is 1. The van der Waals surface area contributed by atoms with Crippen LogP contribution >= 0.6 is 0 Å². The second-order valence-electron chi connectivity index (χ2n) is 16.5. The Morgan fingerprint density at radius 3 is 1.89 bits per heavy atom. The Morgan fingerprint density at radius 2 is 1.33 bits per heavy atom. The number of rotatable bonds is 21. The second kappa shape index (κ2) is 22.1. The summed E-state index contributed by atoms with van der Waals surface area (Å²) >= 11 is 0. The van der Waals surface area contributed by atoms with Gasteiger partial charge in [0.15, 0.2) is 0 Å². The molecule has 0 bridgehead atoms. The molecule has 0 aromatic heterocycles. The van der Waals surface area contributed by atoms with Crippen LogP contribution < -0.4 is 20.1 Å². The van der Waals surface area contributed by atoms with E-state index in [-0.39, 0.29) is 17.4 Å². The van der Waals surface area contributed by atoms with Gasteiger partial charge >= 0.3 is 20.4 Å². The monoisotopic (exact) mass is 804 g/mol. The average Bonchev–Trinajstić information content (AvgIpc) is 3.29. The number of benzene rings is 3. The lowest BCUT2D eigenvalue weighted by atomic mass is 9.94. The van der Waals surface area contributed by atoms with Crippen LogP contribution in [0.2, 0.25) is 5.04 Å². The van der Waals surface area contributed by atoms with E-state index < -0.39 is 31.9 Å². The zero-order chi connectivity index (χ0) is 41.3. The standard InChI is InChI=1S/C45H64N2O9Si/c1-44(2,3)55-43(50)46-23-14-15-25-52-27-29-54-30-28-53-26-16-24-47-34-37-32-38(22-21-35(37)31-36(42(47)49)33-41(48)51-7)56-57(45(4,5)6,39-17-10-8-11-18-39)40-19-12-9-13-20-40/h8-13,17-22,32,36H,14-16,23-31,33-34H2,1-7H3,(H,46,50). The molecule has 1 unspecified atom stereocenters. The molecule has 4 rings (SSSR count). The van der Waals surface area contributed by atoms with Gasteiger partial charge in [0.05, 0.1) is 45.9 Å². The van der Waals surface area contributed by atoms with Crippen molar-refractivity contribution in [1.82, 2.24) is 10.2 Å². The third-order valence-corrected chi connectivity index (χ3v) is 14.8. The first-order valence-corrected chi connectivity index (χ1v) is 22.1. The molecule has 12 heteroatoms. The fraction of sp³-hybridized carbons (Fsp3) is 0.533. The van der Waals surface area contributed by atoms with Crippen molar-refractivity contribution in [2.75, 3.05) is 59.8 Å². The Labute approximate surface area is 340 Å². The molecule has 312 valence electrons. The van der Waals surface area contributed by atoms with Crippen LogP contribution in [-0.2, 0) is 46.2 Å². The summed E-state index contributed by atoms with van der Waals surface area (Å²) in [5.74, 6) is -0.214. The molecule has 1 N–H and O–H groups in total. The highest BCUT2D eigenvalue weighted by molar-refractivity contribution is 7.00. The number of alkyl carbamates (subject to hydrolysis) is 1. The number of unbranched alkanes of at least 4 members (excludes halogenated alkanes) is 1. The number of methoxy groups -OCH3 is 1. The van der Waals surface area contributed by atoms with Crippen LogP contribution in [0.15, 0.2) is 78.9 Å². The lowest BCUT2D eigenvalue weighted by Crippen LogP contribution is -2.68. The molecule has 1 atom stereocenters. The minimum absolute atomic E-state index is 0.0223. The van der Waals surface area contributed by atoms with Crippen LogP contribution in [0, 0.1) is 5.92 Å². The van der Waals surface area contributed by atoms with E-state index in [0.717, 1.165) is 29.7 Å². The van der Waals surface area contributed by atoms with Gasteiger partial charge in [-0.15, -0.1) is 0 Å². The fourth-order valence-corrected chi connectivity index (χ4v) is 11.5. The Bertz CT molecular complexity index is 1650. The molecule has 2 amide bonds. The van der Waals surface area contributed by atoms with E-state index in [1.165, 1.54) is 17.5 Å². The van der Waals surface area contributed by atoms with Crippen LogP contribution in [0.3, 0.4) is 0 Å². The number of fused-ring (bicyclic) bond motifs is 1. The molecule has 1 aliphatic rings. The quantitative estimate of drug-likeness (QED) is 0.0738. The fourth-order valence-electron chi connectivity index (χ4n) is 7.10. The van der Waals surface area contributed by atoms with Gasteiger partial charge in [0, 0.05) is 32.8 Å². The first-order valence-electron chi connectivity index (χ1n) is 20.2.